The first-order valence-corrected chi connectivity index (χ1v) is 14.3. The van der Waals surface area contributed by atoms with Gasteiger partial charge >= 0.3 is 0 Å². The first-order chi connectivity index (χ1) is 19.4. The number of hydroxylamine groups is 2. The molecule has 0 unspecified atom stereocenters. The lowest BCUT2D eigenvalue weighted by Crippen LogP contribution is -2.37. The largest absolute Gasteiger partial charge is 0.758 e. The van der Waals surface area contributed by atoms with Gasteiger partial charge in [0.15, 0.2) is 0 Å². The highest BCUT2D eigenvalue weighted by molar-refractivity contribution is 5.82. The average Bonchev–Trinajstić information content (AvgIpc) is 2.94. The van der Waals surface area contributed by atoms with Crippen molar-refractivity contribution in [2.75, 3.05) is 10.1 Å². The highest BCUT2D eigenvalue weighted by atomic mass is 16.5. The zero-order chi connectivity index (χ0) is 31.0. The molecule has 0 N–H and O–H groups in total. The fraction of sp³-hybridized carbons (Fsp3) is 0.333. The normalized spacial score (nSPS) is 12.3. The van der Waals surface area contributed by atoms with Gasteiger partial charge in [-0.15, -0.1) is 0 Å². The summed E-state index contributed by atoms with van der Waals surface area (Å²) in [5.41, 5.74) is 6.15. The van der Waals surface area contributed by atoms with Gasteiger partial charge in [0.1, 0.15) is 0 Å². The summed E-state index contributed by atoms with van der Waals surface area (Å²) in [6, 6.07) is 29.3. The van der Waals surface area contributed by atoms with Crippen molar-refractivity contribution < 1.29 is 9.97 Å². The van der Waals surface area contributed by atoms with E-state index in [1.54, 1.807) is 0 Å². The van der Waals surface area contributed by atoms with Gasteiger partial charge in [-0.2, -0.15) is 0 Å². The maximum atomic E-state index is 12.7. The minimum absolute atomic E-state index is 0.535. The Labute approximate surface area is 250 Å². The summed E-state index contributed by atoms with van der Waals surface area (Å²) in [4.78, 5) is 12.7. The van der Waals surface area contributed by atoms with Crippen LogP contribution in [0, 0.1) is 10.1 Å². The minimum atomic E-state index is -0.535. The molecule has 4 aromatic rings. The second-order valence-electron chi connectivity index (χ2n) is 13.8. The van der Waals surface area contributed by atoms with Crippen LogP contribution < -0.4 is 10.1 Å². The molecule has 0 amide bonds. The molecule has 0 fully saturated rings. The van der Waals surface area contributed by atoms with Gasteiger partial charge in [0.25, 0.3) is 5.69 Å². The van der Waals surface area contributed by atoms with E-state index < -0.39 is 16.6 Å². The Kier molecular flexibility index (Phi) is 8.36. The zero-order valence-electron chi connectivity index (χ0n) is 26.2. The van der Waals surface area contributed by atoms with Crippen LogP contribution in [0.1, 0.15) is 62.3 Å². The molecule has 0 aromatic heterocycles. The van der Waals surface area contributed by atoms with Gasteiger partial charge in [-0.25, -0.2) is 5.06 Å². The van der Waals surface area contributed by atoms with Crippen LogP contribution in [0.3, 0.4) is 0 Å². The summed E-state index contributed by atoms with van der Waals surface area (Å²) >= 11 is 0. The van der Waals surface area contributed by atoms with Crippen LogP contribution in [-0.2, 0) is 5.21 Å². The van der Waals surface area contributed by atoms with E-state index >= 15 is 0 Å². The zero-order valence-corrected chi connectivity index (χ0v) is 26.2. The van der Waals surface area contributed by atoms with Gasteiger partial charge in [0.2, 0.25) is 5.54 Å². The third-order valence-corrected chi connectivity index (χ3v) is 7.07. The molecule has 0 heterocycles. The van der Waals surface area contributed by atoms with Crippen molar-refractivity contribution in [3.63, 3.8) is 0 Å². The molecule has 219 valence electrons. The molecular weight excluding hydrogens is 522 g/mol. The molecule has 6 heteroatoms. The lowest BCUT2D eigenvalue weighted by Gasteiger charge is -2.43. The summed E-state index contributed by atoms with van der Waals surface area (Å²) in [5.74, 6) is 0. The quantitative estimate of drug-likeness (QED) is 0.173. The summed E-state index contributed by atoms with van der Waals surface area (Å²) < 4.78 is 1.02. The van der Waals surface area contributed by atoms with Gasteiger partial charge in [0.05, 0.1) is 11.2 Å². The molecular formula is C36H42N3O3. The van der Waals surface area contributed by atoms with Crippen LogP contribution in [0.5, 0.6) is 0 Å². The van der Waals surface area contributed by atoms with E-state index in [-0.39, 0.29) is 0 Å². The lowest BCUT2D eigenvalue weighted by atomic mass is 9.93. The maximum Gasteiger partial charge on any atom is 0.256 e. The molecule has 0 atom stereocenters. The van der Waals surface area contributed by atoms with E-state index in [2.05, 4.69) is 18.2 Å². The molecule has 0 aliphatic heterocycles. The Hall–Kier alpha value is -4.00. The lowest BCUT2D eigenvalue weighted by molar-refractivity contribution is -0.540. The summed E-state index contributed by atoms with van der Waals surface area (Å²) in [6.45, 7) is 17.0. The van der Waals surface area contributed by atoms with Crippen molar-refractivity contribution in [1.29, 1.82) is 0 Å². The third kappa shape index (κ3) is 6.89. The van der Waals surface area contributed by atoms with Crippen molar-refractivity contribution in [3.8, 4) is 33.4 Å². The van der Waals surface area contributed by atoms with Crippen LogP contribution in [-0.4, -0.2) is 21.4 Å². The fourth-order valence-electron chi connectivity index (χ4n) is 4.66. The SMILES string of the molecule is CC(C)(C)N([O])c1ccc(-c2cc(-c3ccc(N([O-])C(C)(C)C)cc3)cc(-c3ccc([N+](=O)C(C)(C)C)cc3)c2)cc1. The number of benzene rings is 4. The number of nitrogens with zero attached hydrogens (tertiary/aromatic N) is 3. The predicted molar refractivity (Wildman–Crippen MR) is 174 cm³/mol. The molecule has 0 bridgehead atoms. The highest BCUT2D eigenvalue weighted by Crippen LogP contribution is 2.36. The molecule has 0 saturated heterocycles. The number of nitroso groups, excluding NO2 is 1. The first kappa shape index (κ1) is 30.9. The van der Waals surface area contributed by atoms with E-state index in [9.17, 15) is 15.3 Å². The Morgan fingerprint density at radius 1 is 0.524 bits per heavy atom. The van der Waals surface area contributed by atoms with E-state index in [0.29, 0.717) is 17.1 Å². The molecule has 4 rings (SSSR count). The molecule has 42 heavy (non-hydrogen) atoms. The molecule has 6 nitrogen and oxygen atoms in total. The van der Waals surface area contributed by atoms with Crippen molar-refractivity contribution in [1.82, 2.24) is 0 Å². The van der Waals surface area contributed by atoms with Crippen LogP contribution in [0.4, 0.5) is 17.1 Å². The van der Waals surface area contributed by atoms with Crippen LogP contribution >= 0.6 is 0 Å². The summed E-state index contributed by atoms with van der Waals surface area (Å²) in [5, 5.41) is 27.5. The van der Waals surface area contributed by atoms with Gasteiger partial charge < -0.3 is 10.3 Å². The Morgan fingerprint density at radius 2 is 0.881 bits per heavy atom. The molecule has 4 aromatic carbocycles. The molecule has 0 aliphatic rings. The fourth-order valence-corrected chi connectivity index (χ4v) is 4.66. The van der Waals surface area contributed by atoms with Crippen molar-refractivity contribution in [2.24, 2.45) is 0 Å². The van der Waals surface area contributed by atoms with Gasteiger partial charge in [-0.3, -0.25) is 0 Å². The van der Waals surface area contributed by atoms with Crippen LogP contribution in [0.15, 0.2) is 91.0 Å². The number of anilines is 2. The topological polar surface area (TPSA) is 69.5 Å². The Bertz CT molecular complexity index is 1460. The van der Waals surface area contributed by atoms with E-state index in [0.717, 1.165) is 48.3 Å². The molecule has 0 saturated carbocycles. The van der Waals surface area contributed by atoms with Gasteiger partial charge in [-0.1, -0.05) is 29.5 Å². The first-order valence-electron chi connectivity index (χ1n) is 14.3. The standard InChI is InChI=1S/C36H42N3O3/c1-34(2,3)37(40)31-16-10-25(11-17-31)28-22-29(26-12-18-32(19-13-26)38(41)35(4,5)6)24-30(23-28)27-14-20-33(21-15-27)39(42)36(7,8)9/h10-24H,1-9H3. The van der Waals surface area contributed by atoms with E-state index in [4.69, 9.17) is 0 Å². The monoisotopic (exact) mass is 564 g/mol. The van der Waals surface area contributed by atoms with E-state index in [1.165, 1.54) is 0 Å². The molecule has 0 spiro atoms. The van der Waals surface area contributed by atoms with Crippen molar-refractivity contribution >= 4 is 17.1 Å². The second-order valence-corrected chi connectivity index (χ2v) is 13.8. The summed E-state index contributed by atoms with van der Waals surface area (Å²) in [7, 11) is 0. The number of hydrogen-bond acceptors (Lipinski definition) is 4. The molecule has 0 aliphatic carbocycles. The van der Waals surface area contributed by atoms with Gasteiger partial charge in [0, 0.05) is 53.8 Å². The highest BCUT2D eigenvalue weighted by Gasteiger charge is 2.31. The minimum Gasteiger partial charge on any atom is -0.758 e. The smallest absolute Gasteiger partial charge is 0.256 e. The predicted octanol–water partition coefficient (Wildman–Crippen LogP) is 9.95. The Balaban J connectivity index is 1.79. The third-order valence-electron chi connectivity index (χ3n) is 7.07. The summed E-state index contributed by atoms with van der Waals surface area (Å²) in [6.07, 6.45) is 0. The number of rotatable bonds is 6. The maximum absolute atomic E-state index is 12.7. The van der Waals surface area contributed by atoms with Crippen molar-refractivity contribution in [3.05, 3.63) is 101 Å². The van der Waals surface area contributed by atoms with Crippen LogP contribution in [0.2, 0.25) is 0 Å². The van der Waals surface area contributed by atoms with E-state index in [1.807, 2.05) is 135 Å². The van der Waals surface area contributed by atoms with Gasteiger partial charge in [-0.05, 0) is 130 Å². The Morgan fingerprint density at radius 3 is 1.21 bits per heavy atom. The second kappa shape index (κ2) is 11.3. The average molecular weight is 565 g/mol. The van der Waals surface area contributed by atoms with Crippen molar-refractivity contribution in [2.45, 2.75) is 78.9 Å². The van der Waals surface area contributed by atoms with Crippen LogP contribution in [0.25, 0.3) is 33.4 Å². The molecule has 1 radical (unpaired) electrons. The number of hydrogen-bond donors (Lipinski definition) is 0.